The van der Waals surface area contributed by atoms with Gasteiger partial charge in [-0.05, 0) is 30.7 Å². The molecule has 2 aromatic rings. The topological polar surface area (TPSA) is 55.1 Å². The number of aromatic nitrogens is 2. The summed E-state index contributed by atoms with van der Waals surface area (Å²) in [5.41, 5.74) is 1.26. The molecular weight excluding hydrogens is 271 g/mol. The average molecular weight is 283 g/mol. The Bertz CT molecular complexity index is 625. The van der Waals surface area contributed by atoms with Gasteiger partial charge in [0, 0.05) is 5.69 Å². The summed E-state index contributed by atoms with van der Waals surface area (Å²) < 4.78 is 14.6. The van der Waals surface area contributed by atoms with Crippen molar-refractivity contribution in [2.75, 3.05) is 0 Å². The van der Waals surface area contributed by atoms with Crippen molar-refractivity contribution in [2.45, 2.75) is 19.8 Å². The van der Waals surface area contributed by atoms with E-state index < -0.39 is 11.8 Å². The van der Waals surface area contributed by atoms with Gasteiger partial charge in [0.15, 0.2) is 5.69 Å². The molecule has 0 saturated carbocycles. The van der Waals surface area contributed by atoms with Crippen molar-refractivity contribution in [3.8, 4) is 5.69 Å². The minimum Gasteiger partial charge on any atom is -0.476 e. The van der Waals surface area contributed by atoms with E-state index in [0.29, 0.717) is 12.1 Å². The van der Waals surface area contributed by atoms with Crippen molar-refractivity contribution in [2.24, 2.45) is 0 Å². The van der Waals surface area contributed by atoms with Crippen LogP contribution in [0.2, 0.25) is 5.02 Å². The zero-order chi connectivity index (χ0) is 14.0. The average Bonchev–Trinajstić information content (AvgIpc) is 2.77. The highest BCUT2D eigenvalue weighted by Crippen LogP contribution is 2.21. The molecule has 1 aromatic heterocycles. The normalized spacial score (nSPS) is 10.7. The highest BCUT2D eigenvalue weighted by Gasteiger charge is 2.14. The molecule has 0 aliphatic rings. The van der Waals surface area contributed by atoms with Crippen LogP contribution in [-0.4, -0.2) is 20.9 Å². The largest absolute Gasteiger partial charge is 0.476 e. The number of carboxylic acid groups (broad SMARTS) is 1. The summed E-state index contributed by atoms with van der Waals surface area (Å²) in [6.07, 6.45) is 1.52. The molecule has 0 unspecified atom stereocenters. The maximum Gasteiger partial charge on any atom is 0.356 e. The molecular formula is C13H12ClFN2O2. The van der Waals surface area contributed by atoms with E-state index in [1.54, 1.807) is 0 Å². The highest BCUT2D eigenvalue weighted by atomic mass is 35.5. The van der Waals surface area contributed by atoms with Crippen molar-refractivity contribution in [3.05, 3.63) is 46.5 Å². The number of rotatable bonds is 4. The number of benzene rings is 1. The van der Waals surface area contributed by atoms with Gasteiger partial charge in [0.05, 0.1) is 10.7 Å². The van der Waals surface area contributed by atoms with E-state index >= 15 is 0 Å². The zero-order valence-corrected chi connectivity index (χ0v) is 11.0. The first kappa shape index (κ1) is 13.5. The molecule has 2 rings (SSSR count). The lowest BCUT2D eigenvalue weighted by Gasteiger charge is -2.07. The molecule has 0 saturated heterocycles. The molecule has 1 aromatic carbocycles. The maximum absolute atomic E-state index is 13.1. The quantitative estimate of drug-likeness (QED) is 0.936. The minimum absolute atomic E-state index is 0.0210. The van der Waals surface area contributed by atoms with Crippen LogP contribution in [0.3, 0.4) is 0 Å². The van der Waals surface area contributed by atoms with Gasteiger partial charge in [0.1, 0.15) is 5.82 Å². The van der Waals surface area contributed by atoms with E-state index in [2.05, 4.69) is 5.10 Å². The van der Waals surface area contributed by atoms with Crippen LogP contribution < -0.4 is 0 Å². The Morgan fingerprint density at radius 1 is 1.47 bits per heavy atom. The van der Waals surface area contributed by atoms with Crippen molar-refractivity contribution in [1.82, 2.24) is 9.78 Å². The number of hydrogen-bond acceptors (Lipinski definition) is 2. The van der Waals surface area contributed by atoms with Crippen LogP contribution in [0.1, 0.15) is 29.5 Å². The molecule has 6 heteroatoms. The number of hydrogen-bond donors (Lipinski definition) is 1. The molecule has 0 amide bonds. The van der Waals surface area contributed by atoms with Gasteiger partial charge in [-0.15, -0.1) is 0 Å². The third-order valence-corrected chi connectivity index (χ3v) is 2.95. The fourth-order valence-corrected chi connectivity index (χ4v) is 1.97. The first-order valence-corrected chi connectivity index (χ1v) is 6.18. The van der Waals surface area contributed by atoms with Gasteiger partial charge in [-0.1, -0.05) is 24.9 Å². The lowest BCUT2D eigenvalue weighted by Crippen LogP contribution is -2.04. The van der Waals surface area contributed by atoms with Gasteiger partial charge in [-0.2, -0.15) is 5.10 Å². The summed E-state index contributed by atoms with van der Waals surface area (Å²) in [5.74, 6) is -1.61. The van der Waals surface area contributed by atoms with Gasteiger partial charge >= 0.3 is 5.97 Å². The second-order valence-corrected chi connectivity index (χ2v) is 4.49. The van der Waals surface area contributed by atoms with Crippen molar-refractivity contribution >= 4 is 17.6 Å². The van der Waals surface area contributed by atoms with E-state index in [1.807, 2.05) is 6.92 Å². The lowest BCUT2D eigenvalue weighted by atomic mass is 10.2. The van der Waals surface area contributed by atoms with E-state index in [0.717, 1.165) is 12.1 Å². The molecule has 19 heavy (non-hydrogen) atoms. The van der Waals surface area contributed by atoms with Gasteiger partial charge < -0.3 is 5.11 Å². The Balaban J connectivity index is 2.52. The summed E-state index contributed by atoms with van der Waals surface area (Å²) in [5, 5.41) is 13.0. The molecule has 1 N–H and O–H groups in total. The van der Waals surface area contributed by atoms with Gasteiger partial charge in [0.25, 0.3) is 0 Å². The van der Waals surface area contributed by atoms with Crippen LogP contribution in [0.4, 0.5) is 4.39 Å². The van der Waals surface area contributed by atoms with Crippen LogP contribution in [0.15, 0.2) is 24.3 Å². The molecule has 0 radical (unpaired) electrons. The second kappa shape index (κ2) is 5.40. The van der Waals surface area contributed by atoms with Crippen LogP contribution in [0.25, 0.3) is 5.69 Å². The fraction of sp³-hybridized carbons (Fsp3) is 0.231. The summed E-state index contributed by atoms with van der Waals surface area (Å²) in [6.45, 7) is 1.98. The van der Waals surface area contributed by atoms with E-state index in [9.17, 15) is 9.18 Å². The highest BCUT2D eigenvalue weighted by molar-refractivity contribution is 6.30. The fourth-order valence-electron chi connectivity index (χ4n) is 1.80. The van der Waals surface area contributed by atoms with E-state index in [-0.39, 0.29) is 10.7 Å². The van der Waals surface area contributed by atoms with E-state index in [4.69, 9.17) is 16.7 Å². The molecule has 0 atom stereocenters. The monoisotopic (exact) mass is 282 g/mol. The SMILES string of the molecule is CCCc1cc(C(=O)O)nn1-c1ccc(F)c(Cl)c1. The molecule has 0 bridgehead atoms. The van der Waals surface area contributed by atoms with Gasteiger partial charge in [-0.25, -0.2) is 13.9 Å². The van der Waals surface area contributed by atoms with Crippen LogP contribution >= 0.6 is 11.6 Å². The lowest BCUT2D eigenvalue weighted by molar-refractivity contribution is 0.0690. The molecule has 0 aliphatic heterocycles. The van der Waals surface area contributed by atoms with Crippen molar-refractivity contribution in [3.63, 3.8) is 0 Å². The predicted octanol–water partition coefficient (Wildman–Crippen LogP) is 3.32. The number of nitrogens with zero attached hydrogens (tertiary/aromatic N) is 2. The third-order valence-electron chi connectivity index (χ3n) is 2.66. The number of aromatic carboxylic acids is 1. The Morgan fingerprint density at radius 3 is 2.79 bits per heavy atom. The van der Waals surface area contributed by atoms with Crippen LogP contribution in [0.5, 0.6) is 0 Å². The number of carboxylic acids is 1. The first-order valence-electron chi connectivity index (χ1n) is 5.80. The minimum atomic E-state index is -1.09. The zero-order valence-electron chi connectivity index (χ0n) is 10.2. The Labute approximate surface area is 114 Å². The second-order valence-electron chi connectivity index (χ2n) is 4.09. The Kier molecular flexibility index (Phi) is 3.85. The smallest absolute Gasteiger partial charge is 0.356 e. The molecule has 1 heterocycles. The van der Waals surface area contributed by atoms with Crippen molar-refractivity contribution in [1.29, 1.82) is 0 Å². The number of carbonyl (C=O) groups is 1. The molecule has 0 aliphatic carbocycles. The van der Waals surface area contributed by atoms with E-state index in [1.165, 1.54) is 28.9 Å². The molecule has 4 nitrogen and oxygen atoms in total. The van der Waals surface area contributed by atoms with Gasteiger partial charge in [0.2, 0.25) is 0 Å². The Hall–Kier alpha value is -1.88. The molecule has 0 fully saturated rings. The summed E-state index contributed by atoms with van der Waals surface area (Å²) >= 11 is 5.73. The predicted molar refractivity (Wildman–Crippen MR) is 69.5 cm³/mol. The molecule has 100 valence electrons. The summed E-state index contributed by atoms with van der Waals surface area (Å²) in [6, 6.07) is 5.69. The van der Waals surface area contributed by atoms with Crippen molar-refractivity contribution < 1.29 is 14.3 Å². The third kappa shape index (κ3) is 2.76. The summed E-state index contributed by atoms with van der Waals surface area (Å²) in [7, 11) is 0. The Morgan fingerprint density at radius 2 is 2.21 bits per heavy atom. The maximum atomic E-state index is 13.1. The standard InChI is InChI=1S/C13H12ClFN2O2/c1-2-3-8-7-12(13(18)19)16-17(8)9-4-5-11(15)10(14)6-9/h4-7H,2-3H2,1H3,(H,18,19). The van der Waals surface area contributed by atoms with Crippen LogP contribution in [-0.2, 0) is 6.42 Å². The molecule has 0 spiro atoms. The number of halogens is 2. The van der Waals surface area contributed by atoms with Crippen LogP contribution in [0, 0.1) is 5.82 Å². The number of aryl methyl sites for hydroxylation is 1. The summed E-state index contributed by atoms with van der Waals surface area (Å²) in [4.78, 5) is 11.0. The first-order chi connectivity index (χ1) is 9.02. The van der Waals surface area contributed by atoms with Gasteiger partial charge in [-0.3, -0.25) is 0 Å².